The molecule has 0 radical (unpaired) electrons. The van der Waals surface area contributed by atoms with Gasteiger partial charge >= 0.3 is 5.97 Å². The van der Waals surface area contributed by atoms with Crippen molar-refractivity contribution in [3.05, 3.63) is 20.3 Å². The number of hydrogen-bond donors (Lipinski definition) is 2. The Morgan fingerprint density at radius 3 is 2.62 bits per heavy atom. The Morgan fingerprint density at radius 1 is 1.77 bits per heavy atom. The second-order valence-electron chi connectivity index (χ2n) is 3.05. The van der Waals surface area contributed by atoms with Crippen molar-refractivity contribution in [2.45, 2.75) is 19.4 Å². The summed E-state index contributed by atoms with van der Waals surface area (Å²) in [5.74, 6) is -1.01. The Morgan fingerprint density at radius 2 is 2.31 bits per heavy atom. The lowest BCUT2D eigenvalue weighted by molar-refractivity contribution is -0.142. The summed E-state index contributed by atoms with van der Waals surface area (Å²) in [6.07, 6.45) is 0. The molecule has 0 saturated carbocycles. The molecule has 1 unspecified atom stereocenters. The lowest BCUT2D eigenvalue weighted by Crippen LogP contribution is -2.41. The van der Waals surface area contributed by atoms with Crippen molar-refractivity contribution in [1.29, 1.82) is 0 Å². The molecule has 0 spiro atoms. The molecule has 0 saturated heterocycles. The van der Waals surface area contributed by atoms with Gasteiger partial charge in [-0.25, -0.2) is 4.79 Å². The molecule has 72 valence electrons. The van der Waals surface area contributed by atoms with E-state index in [1.807, 2.05) is 12.3 Å². The molecule has 0 aliphatic rings. The van der Waals surface area contributed by atoms with E-state index in [1.165, 1.54) is 18.3 Å². The van der Waals surface area contributed by atoms with Gasteiger partial charge in [-0.3, -0.25) is 0 Å². The molecule has 1 aromatic rings. The molecular weight excluding hydrogens is 254 g/mol. The second-order valence-corrected chi connectivity index (χ2v) is 4.78. The number of nitrogens with two attached hydrogens (primary N) is 1. The summed E-state index contributed by atoms with van der Waals surface area (Å²) in [6, 6.07) is 0. The maximum absolute atomic E-state index is 10.8. The van der Waals surface area contributed by atoms with Crippen molar-refractivity contribution in [2.24, 2.45) is 5.73 Å². The first-order chi connectivity index (χ1) is 5.87. The predicted molar refractivity (Wildman–Crippen MR) is 55.9 cm³/mol. The Balaban J connectivity index is 3.22. The predicted octanol–water partition coefficient (Wildman–Crippen LogP) is 2.08. The fourth-order valence-corrected chi connectivity index (χ4v) is 2.63. The molecule has 0 aliphatic heterocycles. The molecule has 1 aromatic heterocycles. The van der Waals surface area contributed by atoms with E-state index >= 15 is 0 Å². The smallest absolute Gasteiger partial charge is 0.328 e. The zero-order valence-corrected chi connectivity index (χ0v) is 9.70. The summed E-state index contributed by atoms with van der Waals surface area (Å²) in [4.78, 5) is 11.5. The Hall–Kier alpha value is -0.390. The molecule has 3 N–H and O–H groups in total. The molecule has 1 rings (SSSR count). The van der Waals surface area contributed by atoms with Crippen LogP contribution in [0.15, 0.2) is 9.85 Å². The molecule has 1 heterocycles. The maximum Gasteiger partial charge on any atom is 0.328 e. The fraction of sp³-hybridized carbons (Fsp3) is 0.375. The van der Waals surface area contributed by atoms with Crippen molar-refractivity contribution in [3.8, 4) is 0 Å². The minimum Gasteiger partial charge on any atom is -0.480 e. The number of hydrogen-bond acceptors (Lipinski definition) is 3. The minimum atomic E-state index is -1.29. The molecule has 1 atom stereocenters. The second kappa shape index (κ2) is 3.40. The van der Waals surface area contributed by atoms with Gasteiger partial charge in [-0.1, -0.05) is 0 Å². The van der Waals surface area contributed by atoms with Crippen LogP contribution in [0.5, 0.6) is 0 Å². The highest BCUT2D eigenvalue weighted by Gasteiger charge is 2.33. The van der Waals surface area contributed by atoms with E-state index in [1.54, 1.807) is 0 Å². The first-order valence-electron chi connectivity index (χ1n) is 3.63. The highest BCUT2D eigenvalue weighted by Crippen LogP contribution is 2.33. The quantitative estimate of drug-likeness (QED) is 0.859. The van der Waals surface area contributed by atoms with Gasteiger partial charge in [0, 0.05) is 14.7 Å². The third kappa shape index (κ3) is 1.77. The van der Waals surface area contributed by atoms with Gasteiger partial charge in [-0.2, -0.15) is 0 Å². The average molecular weight is 264 g/mol. The van der Waals surface area contributed by atoms with Crippen molar-refractivity contribution in [3.63, 3.8) is 0 Å². The first kappa shape index (κ1) is 10.7. The molecule has 5 heteroatoms. The Labute approximate surface area is 88.7 Å². The summed E-state index contributed by atoms with van der Waals surface area (Å²) in [6.45, 7) is 3.35. The van der Waals surface area contributed by atoms with Crippen LogP contribution in [0.25, 0.3) is 0 Å². The van der Waals surface area contributed by atoms with Gasteiger partial charge in [-0.15, -0.1) is 11.3 Å². The highest BCUT2D eigenvalue weighted by atomic mass is 79.9. The zero-order valence-electron chi connectivity index (χ0n) is 7.30. The summed E-state index contributed by atoms with van der Waals surface area (Å²) in [5.41, 5.74) is 5.29. The summed E-state index contributed by atoms with van der Waals surface area (Å²) in [7, 11) is 0. The molecule has 13 heavy (non-hydrogen) atoms. The number of carboxylic acid groups (broad SMARTS) is 1. The molecule has 0 aromatic carbocycles. The van der Waals surface area contributed by atoms with Gasteiger partial charge in [-0.05, 0) is 35.3 Å². The molecule has 0 fully saturated rings. The van der Waals surface area contributed by atoms with Crippen LogP contribution in [0.3, 0.4) is 0 Å². The van der Waals surface area contributed by atoms with Gasteiger partial charge in [0.2, 0.25) is 0 Å². The number of rotatable bonds is 2. The third-order valence-electron chi connectivity index (χ3n) is 1.90. The van der Waals surface area contributed by atoms with Crippen molar-refractivity contribution < 1.29 is 9.90 Å². The van der Waals surface area contributed by atoms with Crippen LogP contribution in [-0.2, 0) is 10.3 Å². The Kier molecular flexibility index (Phi) is 2.79. The van der Waals surface area contributed by atoms with Crippen LogP contribution in [0.2, 0.25) is 0 Å². The first-order valence-corrected chi connectivity index (χ1v) is 5.31. The number of halogens is 1. The van der Waals surface area contributed by atoms with Gasteiger partial charge < -0.3 is 10.8 Å². The number of carbonyl (C=O) groups is 1. The molecule has 3 nitrogen and oxygen atoms in total. The monoisotopic (exact) mass is 263 g/mol. The minimum absolute atomic E-state index is 0.687. The summed E-state index contributed by atoms with van der Waals surface area (Å²) < 4.78 is 0.908. The lowest BCUT2D eigenvalue weighted by Gasteiger charge is -2.18. The van der Waals surface area contributed by atoms with E-state index in [0.717, 1.165) is 10.0 Å². The zero-order chi connectivity index (χ0) is 10.2. The van der Waals surface area contributed by atoms with Crippen LogP contribution in [-0.4, -0.2) is 11.1 Å². The molecule has 0 aliphatic carbocycles. The van der Waals surface area contributed by atoms with Gasteiger partial charge in [0.1, 0.15) is 5.54 Å². The SMILES string of the molecule is Cc1c(Br)csc1C(C)(N)C(=O)O. The van der Waals surface area contributed by atoms with Crippen LogP contribution >= 0.6 is 27.3 Å². The topological polar surface area (TPSA) is 63.3 Å². The van der Waals surface area contributed by atoms with E-state index < -0.39 is 11.5 Å². The van der Waals surface area contributed by atoms with Crippen molar-refractivity contribution in [2.75, 3.05) is 0 Å². The van der Waals surface area contributed by atoms with E-state index in [2.05, 4.69) is 15.9 Å². The van der Waals surface area contributed by atoms with Crippen LogP contribution in [0.1, 0.15) is 17.4 Å². The number of thiophene rings is 1. The lowest BCUT2D eigenvalue weighted by atomic mass is 9.99. The van der Waals surface area contributed by atoms with Gasteiger partial charge in [0.05, 0.1) is 0 Å². The van der Waals surface area contributed by atoms with Crippen LogP contribution < -0.4 is 5.73 Å². The molecule has 0 amide bonds. The van der Waals surface area contributed by atoms with E-state index in [0.29, 0.717) is 4.88 Å². The van der Waals surface area contributed by atoms with Crippen LogP contribution in [0.4, 0.5) is 0 Å². The largest absolute Gasteiger partial charge is 0.480 e. The third-order valence-corrected chi connectivity index (χ3v) is 4.34. The summed E-state index contributed by atoms with van der Waals surface area (Å²) >= 11 is 4.68. The highest BCUT2D eigenvalue weighted by molar-refractivity contribution is 9.10. The normalized spacial score (nSPS) is 15.4. The summed E-state index contributed by atoms with van der Waals surface area (Å²) in [5, 5.41) is 10.7. The number of carboxylic acids is 1. The standard InChI is InChI=1S/C8H10BrNO2S/c1-4-5(9)3-13-6(4)8(2,10)7(11)12/h3H,10H2,1-2H3,(H,11,12). The molecule has 0 bridgehead atoms. The van der Waals surface area contributed by atoms with E-state index in [-0.39, 0.29) is 0 Å². The Bertz CT molecular complexity index is 346. The van der Waals surface area contributed by atoms with Gasteiger partial charge in [0.15, 0.2) is 0 Å². The van der Waals surface area contributed by atoms with E-state index in [9.17, 15) is 4.79 Å². The number of aliphatic carboxylic acids is 1. The average Bonchev–Trinajstić information content (AvgIpc) is 2.33. The van der Waals surface area contributed by atoms with Crippen molar-refractivity contribution >= 4 is 33.2 Å². The van der Waals surface area contributed by atoms with Crippen molar-refractivity contribution in [1.82, 2.24) is 0 Å². The van der Waals surface area contributed by atoms with Gasteiger partial charge in [0.25, 0.3) is 0 Å². The maximum atomic E-state index is 10.8. The fourth-order valence-electron chi connectivity index (χ4n) is 1.00. The molecular formula is C8H10BrNO2S. The van der Waals surface area contributed by atoms with E-state index in [4.69, 9.17) is 10.8 Å². The van der Waals surface area contributed by atoms with Crippen LogP contribution in [0, 0.1) is 6.92 Å².